The fraction of sp³-hybridized carbons (Fsp3) is 0.111. The van der Waals surface area contributed by atoms with Gasteiger partial charge in [0, 0.05) is 21.5 Å². The monoisotopic (exact) mass is 669 g/mol. The highest BCUT2D eigenvalue weighted by Crippen LogP contribution is 2.42. The molecule has 1 heterocycles. The van der Waals surface area contributed by atoms with Crippen LogP contribution in [0, 0.1) is 0 Å². The number of carbonyl (C=O) groups is 3. The van der Waals surface area contributed by atoms with Crippen LogP contribution in [-0.2, 0) is 4.79 Å². The molecule has 1 atom stereocenters. The van der Waals surface area contributed by atoms with Gasteiger partial charge in [0.15, 0.2) is 5.13 Å². The van der Waals surface area contributed by atoms with E-state index in [-0.39, 0.29) is 21.0 Å². The molecule has 212 valence electrons. The molecule has 3 N–H and O–H groups in total. The summed E-state index contributed by atoms with van der Waals surface area (Å²) in [5, 5.41) is 15.6. The summed E-state index contributed by atoms with van der Waals surface area (Å²) >= 11 is 26.8. The normalized spacial score (nSPS) is 11.6. The van der Waals surface area contributed by atoms with Crippen molar-refractivity contribution in [1.29, 1.82) is 0 Å². The van der Waals surface area contributed by atoms with Crippen LogP contribution in [0.15, 0.2) is 58.8 Å². The Morgan fingerprint density at radius 2 is 1.61 bits per heavy atom. The average Bonchev–Trinajstić information content (AvgIpc) is 3.42. The number of carbonyl (C=O) groups excluding carboxylic acids is 2. The van der Waals surface area contributed by atoms with Crippen LogP contribution in [0.5, 0.6) is 5.75 Å². The van der Waals surface area contributed by atoms with Gasteiger partial charge >= 0.3 is 5.97 Å². The molecule has 41 heavy (non-hydrogen) atoms. The van der Waals surface area contributed by atoms with Crippen LogP contribution in [0.25, 0.3) is 11.3 Å². The fourth-order valence-electron chi connectivity index (χ4n) is 3.57. The number of ether oxygens (including phenoxy) is 1. The van der Waals surface area contributed by atoms with Crippen LogP contribution in [0.1, 0.15) is 27.6 Å². The molecule has 1 aromatic heterocycles. The largest absolute Gasteiger partial charge is 0.497 e. The Bertz CT molecular complexity index is 1650. The molecule has 2 amide bonds. The first-order valence-electron chi connectivity index (χ1n) is 11.6. The number of hydrogen-bond acceptors (Lipinski definition) is 7. The maximum absolute atomic E-state index is 12.9. The number of hydrogen-bond donors (Lipinski definition) is 3. The van der Waals surface area contributed by atoms with E-state index in [0.717, 1.165) is 16.2 Å². The summed E-state index contributed by atoms with van der Waals surface area (Å²) < 4.78 is 5.25. The number of carboxylic acid groups (broad SMARTS) is 1. The number of halogens is 4. The van der Waals surface area contributed by atoms with Crippen molar-refractivity contribution in [2.45, 2.75) is 17.1 Å². The molecule has 1 unspecified atom stereocenters. The number of methoxy groups -OCH3 is 1. The maximum Gasteiger partial charge on any atom is 0.338 e. The molecule has 0 saturated heterocycles. The Balaban J connectivity index is 1.40. The number of amides is 2. The summed E-state index contributed by atoms with van der Waals surface area (Å²) in [5.74, 6) is -1.85. The van der Waals surface area contributed by atoms with Crippen LogP contribution < -0.4 is 15.4 Å². The molecule has 8 nitrogen and oxygen atoms in total. The average molecular weight is 671 g/mol. The van der Waals surface area contributed by atoms with E-state index in [1.165, 1.54) is 23.1 Å². The Hall–Kier alpha value is -2.99. The number of thiazole rings is 1. The van der Waals surface area contributed by atoms with Gasteiger partial charge in [-0.05, 0) is 43.3 Å². The van der Waals surface area contributed by atoms with Crippen molar-refractivity contribution in [1.82, 2.24) is 4.98 Å². The second-order valence-corrected chi connectivity index (χ2v) is 12.1. The van der Waals surface area contributed by atoms with Crippen molar-refractivity contribution in [2.24, 2.45) is 0 Å². The van der Waals surface area contributed by atoms with Gasteiger partial charge in [-0.15, -0.1) is 23.1 Å². The molecule has 14 heteroatoms. The van der Waals surface area contributed by atoms with Gasteiger partial charge in [0.05, 0.1) is 49.3 Å². The van der Waals surface area contributed by atoms with Gasteiger partial charge in [0.25, 0.3) is 5.91 Å². The van der Waals surface area contributed by atoms with Gasteiger partial charge in [-0.3, -0.25) is 9.59 Å². The zero-order valence-electron chi connectivity index (χ0n) is 21.1. The predicted octanol–water partition coefficient (Wildman–Crippen LogP) is 8.50. The number of aromatic nitrogens is 1. The highest BCUT2D eigenvalue weighted by Gasteiger charge is 2.29. The number of aromatic carboxylic acids is 1. The molecule has 0 aliphatic heterocycles. The smallest absolute Gasteiger partial charge is 0.338 e. The maximum atomic E-state index is 12.9. The molecule has 4 aromatic rings. The van der Waals surface area contributed by atoms with Crippen LogP contribution >= 0.6 is 69.5 Å². The number of nitrogens with zero attached hydrogens (tertiary/aromatic N) is 1. The zero-order valence-corrected chi connectivity index (χ0v) is 25.8. The first-order valence-corrected chi connectivity index (χ1v) is 14.8. The van der Waals surface area contributed by atoms with Gasteiger partial charge in [-0.25, -0.2) is 9.78 Å². The third-order valence-corrected chi connectivity index (χ3v) is 9.27. The van der Waals surface area contributed by atoms with E-state index < -0.39 is 33.3 Å². The van der Waals surface area contributed by atoms with E-state index >= 15 is 0 Å². The van der Waals surface area contributed by atoms with E-state index in [1.54, 1.807) is 38.3 Å². The van der Waals surface area contributed by atoms with E-state index in [2.05, 4.69) is 15.6 Å². The van der Waals surface area contributed by atoms with Gasteiger partial charge in [-0.1, -0.05) is 58.5 Å². The van der Waals surface area contributed by atoms with Crippen molar-refractivity contribution in [3.63, 3.8) is 0 Å². The molecule has 3 aromatic carbocycles. The molecule has 4 rings (SSSR count). The lowest BCUT2D eigenvalue weighted by Crippen LogP contribution is -2.22. The highest BCUT2D eigenvalue weighted by molar-refractivity contribution is 8.00. The minimum absolute atomic E-state index is 0.230. The molecular weight excluding hydrogens is 652 g/mol. The van der Waals surface area contributed by atoms with Crippen LogP contribution in [0.4, 0.5) is 10.8 Å². The number of carboxylic acids is 1. The summed E-state index contributed by atoms with van der Waals surface area (Å²) in [6.45, 7) is 1.76. The van der Waals surface area contributed by atoms with Crippen molar-refractivity contribution in [3.05, 3.63) is 85.1 Å². The van der Waals surface area contributed by atoms with E-state index in [0.29, 0.717) is 16.6 Å². The van der Waals surface area contributed by atoms with Gasteiger partial charge in [0.2, 0.25) is 5.91 Å². The number of benzene rings is 3. The van der Waals surface area contributed by atoms with Gasteiger partial charge in [-0.2, -0.15) is 0 Å². The molecule has 0 saturated carbocycles. The highest BCUT2D eigenvalue weighted by atomic mass is 35.5. The molecule has 0 bridgehead atoms. The standard InChI is InChI=1S/C27H19Cl4N3O5S2/c1-12(24(35)34-27-33-17(11-40-27)13-4-3-5-15(10-13)39-2)41-16-8-6-14(7-9-16)32-25(36)18-19(26(37)38)21(29)23(31)22(30)20(18)28/h3-12H,1-2H3,(H,32,36)(H,37,38)(H,33,34,35). The SMILES string of the molecule is COc1cccc(-c2csc(NC(=O)C(C)Sc3ccc(NC(=O)c4c(Cl)c(Cl)c(Cl)c(Cl)c4C(=O)O)cc3)n2)c1. The molecule has 0 aliphatic carbocycles. The van der Waals surface area contributed by atoms with Gasteiger partial charge < -0.3 is 20.5 Å². The Kier molecular flexibility index (Phi) is 10.1. The summed E-state index contributed by atoms with van der Waals surface area (Å²) in [4.78, 5) is 42.7. The number of anilines is 2. The summed E-state index contributed by atoms with van der Waals surface area (Å²) in [6, 6.07) is 14.1. The lowest BCUT2D eigenvalue weighted by molar-refractivity contribution is -0.115. The van der Waals surface area contributed by atoms with Crippen molar-refractivity contribution in [3.8, 4) is 17.0 Å². The lowest BCUT2D eigenvalue weighted by atomic mass is 10.1. The first kappa shape index (κ1) is 31.0. The molecule has 0 spiro atoms. The third kappa shape index (κ3) is 7.09. The summed E-state index contributed by atoms with van der Waals surface area (Å²) in [7, 11) is 1.59. The molecule has 0 aliphatic rings. The topological polar surface area (TPSA) is 118 Å². The quantitative estimate of drug-likeness (QED) is 0.0928. The summed E-state index contributed by atoms with van der Waals surface area (Å²) in [5.41, 5.74) is 0.964. The lowest BCUT2D eigenvalue weighted by Gasteiger charge is -2.14. The van der Waals surface area contributed by atoms with Crippen LogP contribution in [0.2, 0.25) is 20.1 Å². The molecular formula is C27H19Cl4N3O5S2. The third-order valence-electron chi connectivity index (χ3n) is 5.60. The molecule has 0 fully saturated rings. The summed E-state index contributed by atoms with van der Waals surface area (Å²) in [6.07, 6.45) is 0. The van der Waals surface area contributed by atoms with Crippen molar-refractivity contribution >= 4 is 98.1 Å². The van der Waals surface area contributed by atoms with Crippen LogP contribution in [-0.4, -0.2) is 40.2 Å². The Morgan fingerprint density at radius 1 is 0.951 bits per heavy atom. The Labute approximate surface area is 262 Å². The number of rotatable bonds is 9. The number of thioether (sulfide) groups is 1. The fourth-order valence-corrected chi connectivity index (χ4v) is 6.18. The number of nitrogens with one attached hydrogen (secondary N) is 2. The second kappa shape index (κ2) is 13.3. The minimum atomic E-state index is -1.49. The molecule has 0 radical (unpaired) electrons. The van der Waals surface area contributed by atoms with E-state index in [1.807, 2.05) is 29.6 Å². The van der Waals surface area contributed by atoms with Crippen molar-refractivity contribution < 1.29 is 24.2 Å². The van der Waals surface area contributed by atoms with Crippen molar-refractivity contribution in [2.75, 3.05) is 17.7 Å². The minimum Gasteiger partial charge on any atom is -0.497 e. The first-order chi connectivity index (χ1) is 19.5. The van der Waals surface area contributed by atoms with E-state index in [4.69, 9.17) is 51.1 Å². The predicted molar refractivity (Wildman–Crippen MR) is 166 cm³/mol. The van der Waals surface area contributed by atoms with E-state index in [9.17, 15) is 19.5 Å². The zero-order chi connectivity index (χ0) is 29.8. The van der Waals surface area contributed by atoms with Crippen LogP contribution in [0.3, 0.4) is 0 Å². The second-order valence-electron chi connectivity index (χ2n) is 8.31. The van der Waals surface area contributed by atoms with Gasteiger partial charge in [0.1, 0.15) is 5.75 Å². The Morgan fingerprint density at radius 3 is 2.24 bits per heavy atom.